The Kier molecular flexibility index (Phi) is 2.52. The van der Waals surface area contributed by atoms with Crippen molar-refractivity contribution in [2.45, 2.75) is 0 Å². The van der Waals surface area contributed by atoms with E-state index in [2.05, 4.69) is 16.2 Å². The molecular weight excluding hydrogens is 202 g/mol. The van der Waals surface area contributed by atoms with Crippen molar-refractivity contribution in [3.63, 3.8) is 0 Å². The third kappa shape index (κ3) is 1.84. The third-order valence-corrected chi connectivity index (χ3v) is 2.24. The molecule has 0 unspecified atom stereocenters. The highest BCUT2D eigenvalue weighted by atomic mass is 16.1. The van der Waals surface area contributed by atoms with Gasteiger partial charge in [0.2, 0.25) is 0 Å². The Labute approximate surface area is 92.8 Å². The Morgan fingerprint density at radius 1 is 1.50 bits per heavy atom. The Morgan fingerprint density at radius 3 is 3.06 bits per heavy atom. The normalized spacial score (nSPS) is 9.94. The molecule has 0 aliphatic heterocycles. The number of carbonyl (C=O) groups excluding carboxylic acids is 1. The molecule has 0 aliphatic carbocycles. The maximum atomic E-state index is 11.6. The molecule has 0 spiro atoms. The largest absolute Gasteiger partial charge is 0.399 e. The van der Waals surface area contributed by atoms with Gasteiger partial charge < -0.3 is 16.0 Å². The Morgan fingerprint density at radius 2 is 2.31 bits per heavy atom. The van der Waals surface area contributed by atoms with Crippen LogP contribution in [0.3, 0.4) is 0 Å². The van der Waals surface area contributed by atoms with Crippen LogP contribution in [0.25, 0.3) is 10.9 Å². The average Bonchev–Trinajstić information content (AvgIpc) is 2.68. The maximum absolute atomic E-state index is 11.6. The minimum Gasteiger partial charge on any atom is -0.399 e. The Balaban J connectivity index is 2.33. The molecule has 4 heteroatoms. The fourth-order valence-electron chi connectivity index (χ4n) is 1.50. The van der Waals surface area contributed by atoms with Crippen LogP contribution in [0, 0.1) is 12.3 Å². The predicted molar refractivity (Wildman–Crippen MR) is 63.9 cm³/mol. The number of fused-ring (bicyclic) bond motifs is 1. The van der Waals surface area contributed by atoms with Gasteiger partial charge in [0.1, 0.15) is 5.69 Å². The first-order chi connectivity index (χ1) is 7.70. The van der Waals surface area contributed by atoms with Gasteiger partial charge >= 0.3 is 0 Å². The number of hydrogen-bond acceptors (Lipinski definition) is 2. The molecule has 0 radical (unpaired) electrons. The summed E-state index contributed by atoms with van der Waals surface area (Å²) in [5.74, 6) is 2.13. The number of rotatable bonds is 2. The molecule has 1 amide bonds. The van der Waals surface area contributed by atoms with Gasteiger partial charge in [-0.05, 0) is 24.3 Å². The van der Waals surface area contributed by atoms with Crippen LogP contribution in [0.15, 0.2) is 24.3 Å². The number of hydrogen-bond donors (Lipinski definition) is 3. The zero-order chi connectivity index (χ0) is 11.5. The van der Waals surface area contributed by atoms with Gasteiger partial charge in [0.15, 0.2) is 0 Å². The summed E-state index contributed by atoms with van der Waals surface area (Å²) in [7, 11) is 0. The SMILES string of the molecule is C#CCNC(=O)c1cc2cc(N)ccc2[nH]1. The summed E-state index contributed by atoms with van der Waals surface area (Å²) in [4.78, 5) is 14.6. The van der Waals surface area contributed by atoms with Crippen LogP contribution in [-0.4, -0.2) is 17.4 Å². The summed E-state index contributed by atoms with van der Waals surface area (Å²) in [5, 5.41) is 3.49. The quantitative estimate of drug-likeness (QED) is 0.516. The molecular formula is C12H11N3O. The van der Waals surface area contributed by atoms with Gasteiger partial charge in [0.05, 0.1) is 6.54 Å². The van der Waals surface area contributed by atoms with Crippen molar-refractivity contribution in [1.82, 2.24) is 10.3 Å². The minimum absolute atomic E-state index is 0.215. The van der Waals surface area contributed by atoms with Gasteiger partial charge in [-0.3, -0.25) is 4.79 Å². The standard InChI is InChI=1S/C12H11N3O/c1-2-5-14-12(16)11-7-8-6-9(13)3-4-10(8)15-11/h1,3-4,6-7,15H,5,13H2,(H,14,16). The fourth-order valence-corrected chi connectivity index (χ4v) is 1.50. The van der Waals surface area contributed by atoms with E-state index in [9.17, 15) is 4.79 Å². The highest BCUT2D eigenvalue weighted by molar-refractivity contribution is 5.98. The third-order valence-electron chi connectivity index (χ3n) is 2.24. The second-order valence-corrected chi connectivity index (χ2v) is 3.42. The number of terminal acetylenes is 1. The molecule has 0 atom stereocenters. The van der Waals surface area contributed by atoms with Crippen molar-refractivity contribution in [2.75, 3.05) is 12.3 Å². The van der Waals surface area contributed by atoms with E-state index in [1.807, 2.05) is 12.1 Å². The summed E-state index contributed by atoms with van der Waals surface area (Å²) >= 11 is 0. The van der Waals surface area contributed by atoms with Crippen LogP contribution in [-0.2, 0) is 0 Å². The number of anilines is 1. The number of amides is 1. The molecule has 0 fully saturated rings. The van der Waals surface area contributed by atoms with Crippen LogP contribution in [0.4, 0.5) is 5.69 Å². The number of carbonyl (C=O) groups is 1. The molecule has 80 valence electrons. The van der Waals surface area contributed by atoms with Crippen molar-refractivity contribution in [3.05, 3.63) is 30.0 Å². The van der Waals surface area contributed by atoms with Crippen molar-refractivity contribution >= 4 is 22.5 Å². The lowest BCUT2D eigenvalue weighted by Crippen LogP contribution is -2.23. The zero-order valence-electron chi connectivity index (χ0n) is 8.58. The number of nitrogens with two attached hydrogens (primary N) is 1. The van der Waals surface area contributed by atoms with Crippen molar-refractivity contribution in [2.24, 2.45) is 0 Å². The molecule has 1 aromatic carbocycles. The number of H-pyrrole nitrogens is 1. The van der Waals surface area contributed by atoms with Crippen LogP contribution < -0.4 is 11.1 Å². The van der Waals surface area contributed by atoms with Gasteiger partial charge in [-0.15, -0.1) is 6.42 Å². The number of nitrogen functional groups attached to an aromatic ring is 1. The highest BCUT2D eigenvalue weighted by Crippen LogP contribution is 2.18. The zero-order valence-corrected chi connectivity index (χ0v) is 8.58. The Bertz CT molecular complexity index is 577. The van der Waals surface area contributed by atoms with Crippen LogP contribution >= 0.6 is 0 Å². The molecule has 2 rings (SSSR count). The number of benzene rings is 1. The van der Waals surface area contributed by atoms with Gasteiger partial charge in [0.25, 0.3) is 5.91 Å². The first-order valence-corrected chi connectivity index (χ1v) is 4.80. The van der Waals surface area contributed by atoms with Gasteiger partial charge in [-0.2, -0.15) is 0 Å². The highest BCUT2D eigenvalue weighted by Gasteiger charge is 2.08. The van der Waals surface area contributed by atoms with E-state index < -0.39 is 0 Å². The Hall–Kier alpha value is -2.41. The summed E-state index contributed by atoms with van der Waals surface area (Å²) in [6.07, 6.45) is 5.06. The molecule has 0 saturated carbocycles. The molecule has 0 saturated heterocycles. The molecule has 4 N–H and O–H groups in total. The minimum atomic E-state index is -0.215. The van der Waals surface area contributed by atoms with Crippen molar-refractivity contribution in [1.29, 1.82) is 0 Å². The van der Waals surface area contributed by atoms with Crippen molar-refractivity contribution < 1.29 is 4.79 Å². The summed E-state index contributed by atoms with van der Waals surface area (Å²) in [5.41, 5.74) is 7.67. The van der Waals surface area contributed by atoms with Crippen LogP contribution in [0.2, 0.25) is 0 Å². The molecule has 2 aromatic rings. The second kappa shape index (κ2) is 3.99. The maximum Gasteiger partial charge on any atom is 0.268 e. The number of nitrogens with one attached hydrogen (secondary N) is 2. The van der Waals surface area contributed by atoms with Gasteiger partial charge in [0, 0.05) is 16.6 Å². The monoisotopic (exact) mass is 213 g/mol. The van der Waals surface area contributed by atoms with Gasteiger partial charge in [-0.25, -0.2) is 0 Å². The summed E-state index contributed by atoms with van der Waals surface area (Å²) < 4.78 is 0. The van der Waals surface area contributed by atoms with E-state index >= 15 is 0 Å². The van der Waals surface area contributed by atoms with E-state index in [0.29, 0.717) is 11.4 Å². The lowest BCUT2D eigenvalue weighted by Gasteiger charge is -1.96. The average molecular weight is 213 g/mol. The topological polar surface area (TPSA) is 70.9 Å². The van der Waals surface area contributed by atoms with E-state index in [4.69, 9.17) is 12.2 Å². The van der Waals surface area contributed by atoms with Crippen LogP contribution in [0.1, 0.15) is 10.5 Å². The fraction of sp³-hybridized carbons (Fsp3) is 0.0833. The molecule has 16 heavy (non-hydrogen) atoms. The molecule has 0 aliphatic rings. The predicted octanol–water partition coefficient (Wildman–Crippen LogP) is 1.11. The van der Waals surface area contributed by atoms with E-state index in [-0.39, 0.29) is 12.5 Å². The van der Waals surface area contributed by atoms with Gasteiger partial charge in [-0.1, -0.05) is 5.92 Å². The summed E-state index contributed by atoms with van der Waals surface area (Å²) in [6, 6.07) is 7.17. The number of aromatic nitrogens is 1. The number of aromatic amines is 1. The van der Waals surface area contributed by atoms with E-state index in [1.165, 1.54) is 0 Å². The lowest BCUT2D eigenvalue weighted by atomic mass is 10.2. The molecule has 4 nitrogen and oxygen atoms in total. The van der Waals surface area contributed by atoms with E-state index in [1.54, 1.807) is 12.1 Å². The molecule has 1 aromatic heterocycles. The van der Waals surface area contributed by atoms with E-state index in [0.717, 1.165) is 10.9 Å². The molecule has 0 bridgehead atoms. The van der Waals surface area contributed by atoms with Crippen LogP contribution in [0.5, 0.6) is 0 Å². The lowest BCUT2D eigenvalue weighted by molar-refractivity contribution is 0.0954. The van der Waals surface area contributed by atoms with Crippen molar-refractivity contribution in [3.8, 4) is 12.3 Å². The first-order valence-electron chi connectivity index (χ1n) is 4.80. The second-order valence-electron chi connectivity index (χ2n) is 3.42. The smallest absolute Gasteiger partial charge is 0.268 e. The summed E-state index contributed by atoms with van der Waals surface area (Å²) in [6.45, 7) is 0.219. The molecule has 1 heterocycles. The first kappa shape index (κ1) is 10.1.